The molecule has 0 saturated carbocycles. The highest BCUT2D eigenvalue weighted by molar-refractivity contribution is 5.82. The number of carboxylic acid groups (broad SMARTS) is 1. The van der Waals surface area contributed by atoms with Crippen LogP contribution < -0.4 is 0 Å². The number of nitrogens with zero attached hydrogens (tertiary/aromatic N) is 2. The third-order valence-corrected chi connectivity index (χ3v) is 5.53. The molecule has 2 heterocycles. The van der Waals surface area contributed by atoms with Crippen molar-refractivity contribution in [3.63, 3.8) is 0 Å². The van der Waals surface area contributed by atoms with E-state index in [0.717, 1.165) is 12.0 Å². The smallest absolute Gasteiger partial charge is 0.311 e. The van der Waals surface area contributed by atoms with Gasteiger partial charge in [-0.1, -0.05) is 24.3 Å². The summed E-state index contributed by atoms with van der Waals surface area (Å²) >= 11 is 0. The summed E-state index contributed by atoms with van der Waals surface area (Å²) in [5.74, 6) is -0.988. The Kier molecular flexibility index (Phi) is 4.54. The average molecular weight is 344 g/mol. The second kappa shape index (κ2) is 6.50. The zero-order valence-electron chi connectivity index (χ0n) is 14.7. The summed E-state index contributed by atoms with van der Waals surface area (Å²) in [6.07, 6.45) is 1.46. The zero-order valence-corrected chi connectivity index (χ0v) is 14.7. The van der Waals surface area contributed by atoms with Crippen molar-refractivity contribution in [1.82, 2.24) is 9.80 Å². The summed E-state index contributed by atoms with van der Waals surface area (Å²) < 4.78 is 0. The molecule has 2 aliphatic rings. The van der Waals surface area contributed by atoms with Crippen LogP contribution in [0, 0.1) is 5.41 Å². The van der Waals surface area contributed by atoms with Crippen LogP contribution in [-0.4, -0.2) is 52.3 Å². The molecule has 0 bridgehead atoms. The molecule has 2 atom stereocenters. The van der Waals surface area contributed by atoms with Crippen LogP contribution in [0.2, 0.25) is 0 Å². The van der Waals surface area contributed by atoms with E-state index in [0.29, 0.717) is 19.5 Å². The van der Waals surface area contributed by atoms with Gasteiger partial charge in [0.25, 0.3) is 0 Å². The predicted molar refractivity (Wildman–Crippen MR) is 91.8 cm³/mol. The number of aliphatic carboxylic acids is 1. The van der Waals surface area contributed by atoms with Crippen LogP contribution in [0.1, 0.15) is 43.9 Å². The molecule has 6 nitrogen and oxygen atoms in total. The number of hydrogen-bond acceptors (Lipinski definition) is 3. The molecule has 3 rings (SSSR count). The van der Waals surface area contributed by atoms with Crippen molar-refractivity contribution in [2.45, 2.75) is 39.2 Å². The highest BCUT2D eigenvalue weighted by Gasteiger charge is 2.43. The molecule has 1 fully saturated rings. The van der Waals surface area contributed by atoms with E-state index in [1.807, 2.05) is 24.3 Å². The Morgan fingerprint density at radius 1 is 1.24 bits per heavy atom. The molecule has 0 aliphatic carbocycles. The SMILES string of the molecule is CC(=O)N1CCc2ccccc2[C@H]1CC(=O)N1CC[C@](C)(C(=O)O)C1. The van der Waals surface area contributed by atoms with Crippen molar-refractivity contribution in [3.05, 3.63) is 35.4 Å². The third kappa shape index (κ3) is 3.25. The van der Waals surface area contributed by atoms with Gasteiger partial charge in [0, 0.05) is 26.6 Å². The standard InChI is InChI=1S/C19H24N2O4/c1-13(22)21-9-7-14-5-3-4-6-15(14)16(21)11-17(23)20-10-8-19(2,12-20)18(24)25/h3-6,16H,7-12H2,1-2H3,(H,24,25)/t16-,19+/m1/s1. The lowest BCUT2D eigenvalue weighted by atomic mass is 9.89. The van der Waals surface area contributed by atoms with Gasteiger partial charge in [0.05, 0.1) is 17.9 Å². The maximum absolute atomic E-state index is 12.8. The molecule has 0 spiro atoms. The second-order valence-corrected chi connectivity index (χ2v) is 7.31. The molecule has 0 aromatic heterocycles. The van der Waals surface area contributed by atoms with E-state index in [9.17, 15) is 19.5 Å². The van der Waals surface area contributed by atoms with E-state index in [1.165, 1.54) is 12.5 Å². The molecule has 2 amide bonds. The quantitative estimate of drug-likeness (QED) is 0.908. The molecule has 1 saturated heterocycles. The molecular formula is C19H24N2O4. The monoisotopic (exact) mass is 344 g/mol. The summed E-state index contributed by atoms with van der Waals surface area (Å²) in [7, 11) is 0. The van der Waals surface area contributed by atoms with Crippen molar-refractivity contribution < 1.29 is 19.5 Å². The second-order valence-electron chi connectivity index (χ2n) is 7.31. The van der Waals surface area contributed by atoms with Crippen LogP contribution in [0.5, 0.6) is 0 Å². The van der Waals surface area contributed by atoms with Crippen LogP contribution in [0.3, 0.4) is 0 Å². The molecule has 134 valence electrons. The van der Waals surface area contributed by atoms with Crippen LogP contribution in [0.4, 0.5) is 0 Å². The van der Waals surface area contributed by atoms with Crippen molar-refractivity contribution in [2.75, 3.05) is 19.6 Å². The number of amides is 2. The van der Waals surface area contributed by atoms with Gasteiger partial charge in [0.15, 0.2) is 0 Å². The summed E-state index contributed by atoms with van der Waals surface area (Å²) in [6.45, 7) is 4.51. The highest BCUT2D eigenvalue weighted by atomic mass is 16.4. The first-order chi connectivity index (χ1) is 11.8. The third-order valence-electron chi connectivity index (χ3n) is 5.53. The lowest BCUT2D eigenvalue weighted by Crippen LogP contribution is -2.42. The molecule has 2 aliphatic heterocycles. The van der Waals surface area contributed by atoms with Gasteiger partial charge in [-0.2, -0.15) is 0 Å². The first-order valence-corrected chi connectivity index (χ1v) is 8.68. The van der Waals surface area contributed by atoms with Gasteiger partial charge in [-0.05, 0) is 30.9 Å². The molecule has 1 aromatic carbocycles. The fourth-order valence-electron chi connectivity index (χ4n) is 3.89. The maximum atomic E-state index is 12.8. The van der Waals surface area contributed by atoms with E-state index >= 15 is 0 Å². The summed E-state index contributed by atoms with van der Waals surface area (Å²) in [6, 6.07) is 7.65. The Bertz CT molecular complexity index is 717. The number of benzene rings is 1. The van der Waals surface area contributed by atoms with Crippen molar-refractivity contribution in [2.24, 2.45) is 5.41 Å². The minimum Gasteiger partial charge on any atom is -0.481 e. The Balaban J connectivity index is 1.79. The highest BCUT2D eigenvalue weighted by Crippen LogP contribution is 2.35. The van der Waals surface area contributed by atoms with Crippen LogP contribution in [0.25, 0.3) is 0 Å². The molecule has 1 N–H and O–H groups in total. The molecule has 0 radical (unpaired) electrons. The fourth-order valence-corrected chi connectivity index (χ4v) is 3.89. The molecule has 25 heavy (non-hydrogen) atoms. The number of rotatable bonds is 3. The summed E-state index contributed by atoms with van der Waals surface area (Å²) in [5, 5.41) is 9.35. The average Bonchev–Trinajstić information content (AvgIpc) is 2.99. The van der Waals surface area contributed by atoms with Crippen molar-refractivity contribution in [1.29, 1.82) is 0 Å². The largest absolute Gasteiger partial charge is 0.481 e. The summed E-state index contributed by atoms with van der Waals surface area (Å²) in [5.41, 5.74) is 1.33. The van der Waals surface area contributed by atoms with Gasteiger partial charge in [-0.15, -0.1) is 0 Å². The summed E-state index contributed by atoms with van der Waals surface area (Å²) in [4.78, 5) is 39.6. The number of hydrogen-bond donors (Lipinski definition) is 1. The van der Waals surface area contributed by atoms with Crippen molar-refractivity contribution >= 4 is 17.8 Å². The van der Waals surface area contributed by atoms with E-state index in [4.69, 9.17) is 0 Å². The minimum atomic E-state index is -0.875. The van der Waals surface area contributed by atoms with Crippen LogP contribution in [-0.2, 0) is 20.8 Å². The lowest BCUT2D eigenvalue weighted by Gasteiger charge is -2.37. The number of carboxylic acids is 1. The van der Waals surface area contributed by atoms with Gasteiger partial charge < -0.3 is 14.9 Å². The topological polar surface area (TPSA) is 77.9 Å². The number of likely N-dealkylation sites (tertiary alicyclic amines) is 1. The first kappa shape index (κ1) is 17.5. The van der Waals surface area contributed by atoms with Gasteiger partial charge in [0.2, 0.25) is 11.8 Å². The van der Waals surface area contributed by atoms with Gasteiger partial charge in [0.1, 0.15) is 0 Å². The predicted octanol–water partition coefficient (Wildman–Crippen LogP) is 1.85. The van der Waals surface area contributed by atoms with Crippen LogP contribution in [0.15, 0.2) is 24.3 Å². The zero-order chi connectivity index (χ0) is 18.2. The fraction of sp³-hybridized carbons (Fsp3) is 0.526. The maximum Gasteiger partial charge on any atom is 0.311 e. The molecule has 1 aromatic rings. The van der Waals surface area contributed by atoms with E-state index in [2.05, 4.69) is 0 Å². The number of carbonyl (C=O) groups excluding carboxylic acids is 2. The van der Waals surface area contributed by atoms with Gasteiger partial charge in [-0.3, -0.25) is 14.4 Å². The van der Waals surface area contributed by atoms with Crippen LogP contribution >= 0.6 is 0 Å². The molecule has 0 unspecified atom stereocenters. The first-order valence-electron chi connectivity index (χ1n) is 8.68. The van der Waals surface area contributed by atoms with Gasteiger partial charge in [-0.25, -0.2) is 0 Å². The Labute approximate surface area is 147 Å². The van der Waals surface area contributed by atoms with E-state index in [-0.39, 0.29) is 30.8 Å². The number of fused-ring (bicyclic) bond motifs is 1. The van der Waals surface area contributed by atoms with Gasteiger partial charge >= 0.3 is 5.97 Å². The Morgan fingerprint density at radius 3 is 2.60 bits per heavy atom. The normalized spacial score (nSPS) is 25.6. The van der Waals surface area contributed by atoms with Crippen molar-refractivity contribution in [3.8, 4) is 0 Å². The number of carbonyl (C=O) groups is 3. The lowest BCUT2D eigenvalue weighted by molar-refractivity contribution is -0.147. The molecular weight excluding hydrogens is 320 g/mol. The minimum absolute atomic E-state index is 0.0379. The van der Waals surface area contributed by atoms with E-state index in [1.54, 1.807) is 16.7 Å². The van der Waals surface area contributed by atoms with E-state index < -0.39 is 11.4 Å². The molecule has 6 heteroatoms. The Hall–Kier alpha value is -2.37. The Morgan fingerprint density at radius 2 is 1.96 bits per heavy atom.